The number of carboxylic acid groups (broad SMARTS) is 1. The summed E-state index contributed by atoms with van der Waals surface area (Å²) in [5, 5.41) is 9.10. The lowest BCUT2D eigenvalue weighted by molar-refractivity contribution is -0.141. The van der Waals surface area contributed by atoms with Crippen LogP contribution in [0.3, 0.4) is 0 Å². The molecule has 0 aromatic heterocycles. The molecule has 0 radical (unpaired) electrons. The molecule has 23 heavy (non-hydrogen) atoms. The Balaban J connectivity index is 2.72. The van der Waals surface area contributed by atoms with E-state index < -0.39 is 11.9 Å². The van der Waals surface area contributed by atoms with Gasteiger partial charge in [0.15, 0.2) is 11.5 Å². The fourth-order valence-electron chi connectivity index (χ4n) is 2.64. The van der Waals surface area contributed by atoms with Gasteiger partial charge in [0.25, 0.3) is 0 Å². The summed E-state index contributed by atoms with van der Waals surface area (Å²) in [4.78, 5) is 11.1. The Morgan fingerprint density at radius 2 is 1.96 bits per heavy atom. The minimum absolute atomic E-state index is 0.184. The van der Waals surface area contributed by atoms with Crippen LogP contribution in [-0.4, -0.2) is 30.8 Å². The minimum Gasteiger partial charge on any atom is -0.490 e. The van der Waals surface area contributed by atoms with Crippen molar-refractivity contribution in [3.05, 3.63) is 23.8 Å². The van der Waals surface area contributed by atoms with Crippen LogP contribution in [0.5, 0.6) is 11.5 Å². The highest BCUT2D eigenvalue weighted by molar-refractivity contribution is 5.70. The van der Waals surface area contributed by atoms with E-state index in [9.17, 15) is 4.79 Å². The number of carboxylic acids is 1. The molecule has 5 nitrogen and oxygen atoms in total. The third-order valence-corrected chi connectivity index (χ3v) is 3.88. The molecule has 0 amide bonds. The molecule has 1 rings (SSSR count). The van der Waals surface area contributed by atoms with Gasteiger partial charge in [-0.25, -0.2) is 0 Å². The second kappa shape index (κ2) is 10.1. The zero-order valence-corrected chi connectivity index (χ0v) is 14.4. The van der Waals surface area contributed by atoms with Crippen molar-refractivity contribution in [3.63, 3.8) is 0 Å². The van der Waals surface area contributed by atoms with Gasteiger partial charge < -0.3 is 20.3 Å². The van der Waals surface area contributed by atoms with Gasteiger partial charge in [0, 0.05) is 6.54 Å². The first-order valence-corrected chi connectivity index (χ1v) is 8.33. The molecule has 0 saturated carbocycles. The van der Waals surface area contributed by atoms with Gasteiger partial charge in [-0.05, 0) is 50.7 Å². The molecular weight excluding hydrogens is 294 g/mol. The normalized spacial score (nSPS) is 13.4. The maximum atomic E-state index is 11.1. The number of aliphatic carboxylic acids is 1. The summed E-state index contributed by atoms with van der Waals surface area (Å²) in [6, 6.07) is 5.92. The lowest BCUT2D eigenvalue weighted by Crippen LogP contribution is -2.25. The molecule has 130 valence electrons. The van der Waals surface area contributed by atoms with Gasteiger partial charge >= 0.3 is 5.97 Å². The zero-order valence-electron chi connectivity index (χ0n) is 14.4. The standard InChI is InChI=1S/C18H29NO4/c1-4-22-16-8-6-7-14(17(16)23-5-2)10-9-13(3)11-15(12-19)18(20)21/h6-8,13,15H,4-5,9-12,19H2,1-3H3,(H,20,21). The third-order valence-electron chi connectivity index (χ3n) is 3.88. The third kappa shape index (κ3) is 6.10. The number of benzene rings is 1. The molecule has 0 heterocycles. The van der Waals surface area contributed by atoms with Crippen molar-refractivity contribution in [2.45, 2.75) is 40.0 Å². The van der Waals surface area contributed by atoms with Crippen molar-refractivity contribution in [1.82, 2.24) is 0 Å². The average Bonchev–Trinajstić information content (AvgIpc) is 2.53. The van der Waals surface area contributed by atoms with E-state index in [4.69, 9.17) is 20.3 Å². The van der Waals surface area contributed by atoms with E-state index in [1.54, 1.807) is 0 Å². The van der Waals surface area contributed by atoms with Gasteiger partial charge in [0.2, 0.25) is 0 Å². The summed E-state index contributed by atoms with van der Waals surface area (Å²) in [7, 11) is 0. The summed E-state index contributed by atoms with van der Waals surface area (Å²) in [6.07, 6.45) is 2.31. The number of nitrogens with two attached hydrogens (primary N) is 1. The summed E-state index contributed by atoms with van der Waals surface area (Å²) >= 11 is 0. The van der Waals surface area contributed by atoms with E-state index in [2.05, 4.69) is 6.92 Å². The van der Waals surface area contributed by atoms with Crippen LogP contribution < -0.4 is 15.2 Å². The van der Waals surface area contributed by atoms with E-state index in [-0.39, 0.29) is 12.5 Å². The second-order valence-corrected chi connectivity index (χ2v) is 5.76. The topological polar surface area (TPSA) is 81.8 Å². The van der Waals surface area contributed by atoms with Crippen LogP contribution >= 0.6 is 0 Å². The Bertz CT molecular complexity index is 490. The van der Waals surface area contributed by atoms with Crippen LogP contribution in [-0.2, 0) is 11.2 Å². The van der Waals surface area contributed by atoms with Crippen molar-refractivity contribution < 1.29 is 19.4 Å². The highest BCUT2D eigenvalue weighted by Gasteiger charge is 2.19. The van der Waals surface area contributed by atoms with Crippen molar-refractivity contribution in [1.29, 1.82) is 0 Å². The van der Waals surface area contributed by atoms with E-state index in [1.807, 2.05) is 32.0 Å². The fraction of sp³-hybridized carbons (Fsp3) is 0.611. The van der Waals surface area contributed by atoms with Crippen molar-refractivity contribution in [2.24, 2.45) is 17.6 Å². The van der Waals surface area contributed by atoms with Gasteiger partial charge in [-0.2, -0.15) is 0 Å². The minimum atomic E-state index is -0.812. The van der Waals surface area contributed by atoms with Crippen molar-refractivity contribution in [2.75, 3.05) is 19.8 Å². The number of para-hydroxylation sites is 1. The van der Waals surface area contributed by atoms with E-state index >= 15 is 0 Å². The maximum Gasteiger partial charge on any atom is 0.307 e. The van der Waals surface area contributed by atoms with Gasteiger partial charge in [-0.15, -0.1) is 0 Å². The van der Waals surface area contributed by atoms with Crippen molar-refractivity contribution >= 4 is 5.97 Å². The molecule has 2 atom stereocenters. The highest BCUT2D eigenvalue weighted by Crippen LogP contribution is 2.33. The van der Waals surface area contributed by atoms with Gasteiger partial charge in [0.05, 0.1) is 19.1 Å². The van der Waals surface area contributed by atoms with E-state index in [1.165, 1.54) is 0 Å². The number of hydrogen-bond acceptors (Lipinski definition) is 4. The summed E-state index contributed by atoms with van der Waals surface area (Å²) in [6.45, 7) is 7.33. The van der Waals surface area contributed by atoms with Gasteiger partial charge in [0.1, 0.15) is 0 Å². The van der Waals surface area contributed by atoms with Crippen LogP contribution in [0.25, 0.3) is 0 Å². The number of hydrogen-bond donors (Lipinski definition) is 2. The number of aryl methyl sites for hydroxylation is 1. The van der Waals surface area contributed by atoms with Crippen LogP contribution in [0, 0.1) is 11.8 Å². The smallest absolute Gasteiger partial charge is 0.307 e. The molecule has 3 N–H and O–H groups in total. The Kier molecular flexibility index (Phi) is 8.48. The van der Waals surface area contributed by atoms with Gasteiger partial charge in [-0.3, -0.25) is 4.79 Å². The molecule has 0 saturated heterocycles. The van der Waals surface area contributed by atoms with Crippen LogP contribution in [0.2, 0.25) is 0 Å². The molecule has 5 heteroatoms. The second-order valence-electron chi connectivity index (χ2n) is 5.76. The molecular formula is C18H29NO4. The molecule has 2 unspecified atom stereocenters. The molecule has 0 aliphatic carbocycles. The molecule has 1 aromatic rings. The average molecular weight is 323 g/mol. The highest BCUT2D eigenvalue weighted by atomic mass is 16.5. The molecule has 1 aromatic carbocycles. The molecule has 0 fully saturated rings. The quantitative estimate of drug-likeness (QED) is 0.654. The monoisotopic (exact) mass is 323 g/mol. The Hall–Kier alpha value is -1.75. The predicted molar refractivity (Wildman–Crippen MR) is 91.1 cm³/mol. The largest absolute Gasteiger partial charge is 0.490 e. The lowest BCUT2D eigenvalue weighted by atomic mass is 9.91. The summed E-state index contributed by atoms with van der Waals surface area (Å²) in [5.41, 5.74) is 6.63. The molecule has 0 bridgehead atoms. The van der Waals surface area contributed by atoms with Crippen LogP contribution in [0.15, 0.2) is 18.2 Å². The zero-order chi connectivity index (χ0) is 17.2. The van der Waals surface area contributed by atoms with E-state index in [0.29, 0.717) is 19.6 Å². The van der Waals surface area contributed by atoms with Gasteiger partial charge in [-0.1, -0.05) is 19.1 Å². The lowest BCUT2D eigenvalue weighted by Gasteiger charge is -2.18. The number of ether oxygens (including phenoxy) is 2. The summed E-state index contributed by atoms with van der Waals surface area (Å²) in [5.74, 6) is 0.575. The Morgan fingerprint density at radius 1 is 1.26 bits per heavy atom. The predicted octanol–water partition coefficient (Wildman–Crippen LogP) is 3.10. The van der Waals surface area contributed by atoms with Crippen LogP contribution in [0.4, 0.5) is 0 Å². The number of rotatable bonds is 11. The van der Waals surface area contributed by atoms with Crippen LogP contribution in [0.1, 0.15) is 39.2 Å². The van der Waals surface area contributed by atoms with E-state index in [0.717, 1.165) is 29.9 Å². The first-order valence-electron chi connectivity index (χ1n) is 8.33. The fourth-order valence-corrected chi connectivity index (χ4v) is 2.64. The first-order chi connectivity index (χ1) is 11.0. The van der Waals surface area contributed by atoms with Crippen molar-refractivity contribution in [3.8, 4) is 11.5 Å². The Morgan fingerprint density at radius 3 is 2.52 bits per heavy atom. The number of carbonyl (C=O) groups is 1. The first kappa shape index (κ1) is 19.3. The summed E-state index contributed by atoms with van der Waals surface area (Å²) < 4.78 is 11.4. The maximum absolute atomic E-state index is 11.1. The Labute approximate surface area is 138 Å². The molecule has 0 aliphatic rings. The molecule has 0 spiro atoms. The SMILES string of the molecule is CCOc1cccc(CCC(C)CC(CN)C(=O)O)c1OCC. The molecule has 0 aliphatic heterocycles.